The van der Waals surface area contributed by atoms with Gasteiger partial charge >= 0.3 is 0 Å². The summed E-state index contributed by atoms with van der Waals surface area (Å²) < 4.78 is 38.7. The highest BCUT2D eigenvalue weighted by molar-refractivity contribution is 5.55. The normalized spacial score (nSPS) is 10.1. The van der Waals surface area contributed by atoms with Gasteiger partial charge in [-0.25, -0.2) is 18.2 Å². The average Bonchev–Trinajstić information content (AvgIpc) is 2.35. The van der Waals surface area contributed by atoms with Crippen LogP contribution in [0.1, 0.15) is 5.56 Å². The Labute approximate surface area is 98.3 Å². The van der Waals surface area contributed by atoms with Crippen molar-refractivity contribution in [3.8, 4) is 17.5 Å². The van der Waals surface area contributed by atoms with E-state index in [2.05, 4.69) is 9.97 Å². The predicted octanol–water partition coefficient (Wildman–Crippen LogP) is 1.73. The van der Waals surface area contributed by atoms with E-state index >= 15 is 0 Å². The molecule has 0 saturated heterocycles. The predicted molar refractivity (Wildman–Crippen MR) is 54.9 cm³/mol. The minimum Gasteiger partial charge on any atom is -0.305 e. The van der Waals surface area contributed by atoms with Crippen molar-refractivity contribution >= 4 is 0 Å². The lowest BCUT2D eigenvalue weighted by Crippen LogP contribution is -2.12. The maximum atomic E-state index is 13.0. The molecule has 0 aliphatic heterocycles. The molecule has 1 N–H and O–H groups in total. The van der Waals surface area contributed by atoms with Crippen LogP contribution >= 0.6 is 0 Å². The highest BCUT2D eigenvalue weighted by atomic mass is 19.2. The van der Waals surface area contributed by atoms with Crippen LogP contribution in [0.5, 0.6) is 0 Å². The SMILES string of the molecule is N#Cc1cnc(-c2cc(F)c(F)c(F)c2)[nH]c1=O. The standard InChI is InChI=1S/C11H4F3N3O/c12-7-1-5(2-8(13)9(7)14)10-16-4-6(3-15)11(18)17-10/h1-2,4H,(H,16,17,18). The Morgan fingerprint density at radius 2 is 1.83 bits per heavy atom. The number of aromatic nitrogens is 2. The van der Waals surface area contributed by atoms with Crippen LogP contribution in [0.15, 0.2) is 23.1 Å². The third-order valence-electron chi connectivity index (χ3n) is 2.18. The number of aromatic amines is 1. The Bertz CT molecular complexity index is 695. The number of H-pyrrole nitrogens is 1. The van der Waals surface area contributed by atoms with Crippen LogP contribution < -0.4 is 5.56 Å². The van der Waals surface area contributed by atoms with Gasteiger partial charge in [0.1, 0.15) is 17.5 Å². The van der Waals surface area contributed by atoms with Crippen LogP contribution in [0.25, 0.3) is 11.4 Å². The Kier molecular flexibility index (Phi) is 2.85. The Balaban J connectivity index is 2.60. The number of hydrogen-bond donors (Lipinski definition) is 1. The maximum Gasteiger partial charge on any atom is 0.269 e. The van der Waals surface area contributed by atoms with Gasteiger partial charge in [-0.05, 0) is 12.1 Å². The van der Waals surface area contributed by atoms with E-state index in [0.29, 0.717) is 12.1 Å². The number of nitrogens with one attached hydrogen (secondary N) is 1. The Morgan fingerprint density at radius 1 is 1.22 bits per heavy atom. The lowest BCUT2D eigenvalue weighted by atomic mass is 10.2. The number of nitriles is 1. The average molecular weight is 251 g/mol. The molecule has 0 amide bonds. The van der Waals surface area contributed by atoms with Gasteiger partial charge in [-0.15, -0.1) is 0 Å². The molecule has 2 rings (SSSR count). The van der Waals surface area contributed by atoms with E-state index < -0.39 is 23.0 Å². The molecule has 0 bridgehead atoms. The first-order valence-corrected chi connectivity index (χ1v) is 4.67. The molecular formula is C11H4F3N3O. The van der Waals surface area contributed by atoms with E-state index in [4.69, 9.17) is 5.26 Å². The molecule has 90 valence electrons. The van der Waals surface area contributed by atoms with Crippen LogP contribution in [0, 0.1) is 28.8 Å². The molecule has 7 heteroatoms. The van der Waals surface area contributed by atoms with Crippen LogP contribution in [-0.2, 0) is 0 Å². The minimum atomic E-state index is -1.60. The lowest BCUT2D eigenvalue weighted by molar-refractivity contribution is 0.447. The zero-order chi connectivity index (χ0) is 13.3. The summed E-state index contributed by atoms with van der Waals surface area (Å²) in [5.41, 5.74) is -1.11. The fraction of sp³-hybridized carbons (Fsp3) is 0. The second-order valence-corrected chi connectivity index (χ2v) is 3.34. The van der Waals surface area contributed by atoms with E-state index in [1.807, 2.05) is 0 Å². The number of nitrogens with zero attached hydrogens (tertiary/aromatic N) is 2. The van der Waals surface area contributed by atoms with Gasteiger partial charge in [0.05, 0.1) is 6.20 Å². The lowest BCUT2D eigenvalue weighted by Gasteiger charge is -2.02. The zero-order valence-electron chi connectivity index (χ0n) is 8.67. The van der Waals surface area contributed by atoms with Crippen molar-refractivity contribution in [1.82, 2.24) is 9.97 Å². The van der Waals surface area contributed by atoms with Crippen molar-refractivity contribution in [3.63, 3.8) is 0 Å². The molecule has 2 aromatic rings. The number of hydrogen-bond acceptors (Lipinski definition) is 3. The second-order valence-electron chi connectivity index (χ2n) is 3.34. The summed E-state index contributed by atoms with van der Waals surface area (Å²) in [7, 11) is 0. The topological polar surface area (TPSA) is 69.5 Å². The van der Waals surface area contributed by atoms with Gasteiger partial charge in [-0.3, -0.25) is 4.79 Å². The summed E-state index contributed by atoms with van der Waals surface area (Å²) in [5, 5.41) is 8.52. The van der Waals surface area contributed by atoms with Crippen molar-refractivity contribution in [2.75, 3.05) is 0 Å². The van der Waals surface area contributed by atoms with Gasteiger partial charge in [0.15, 0.2) is 17.5 Å². The van der Waals surface area contributed by atoms with Crippen LogP contribution in [0.2, 0.25) is 0 Å². The summed E-state index contributed by atoms with van der Waals surface area (Å²) >= 11 is 0. The zero-order valence-corrected chi connectivity index (χ0v) is 8.67. The number of halogens is 3. The Morgan fingerprint density at radius 3 is 2.33 bits per heavy atom. The third kappa shape index (κ3) is 1.96. The summed E-state index contributed by atoms with van der Waals surface area (Å²) in [4.78, 5) is 17.1. The smallest absolute Gasteiger partial charge is 0.269 e. The van der Waals surface area contributed by atoms with Gasteiger partial charge in [-0.1, -0.05) is 0 Å². The van der Waals surface area contributed by atoms with Gasteiger partial charge in [0.25, 0.3) is 5.56 Å². The summed E-state index contributed by atoms with van der Waals surface area (Å²) in [6.07, 6.45) is 0.966. The number of rotatable bonds is 1. The molecular weight excluding hydrogens is 247 g/mol. The first-order valence-electron chi connectivity index (χ1n) is 4.67. The van der Waals surface area contributed by atoms with E-state index in [-0.39, 0.29) is 17.0 Å². The molecule has 0 aliphatic carbocycles. The van der Waals surface area contributed by atoms with Gasteiger partial charge < -0.3 is 4.98 Å². The molecule has 0 spiro atoms. The second kappa shape index (κ2) is 4.33. The van der Waals surface area contributed by atoms with Crippen molar-refractivity contribution in [1.29, 1.82) is 5.26 Å². The molecule has 0 aliphatic rings. The fourth-order valence-corrected chi connectivity index (χ4v) is 1.31. The number of benzene rings is 1. The van der Waals surface area contributed by atoms with Gasteiger partial charge in [-0.2, -0.15) is 5.26 Å². The monoisotopic (exact) mass is 251 g/mol. The summed E-state index contributed by atoms with van der Waals surface area (Å²) in [6.45, 7) is 0. The molecule has 18 heavy (non-hydrogen) atoms. The quantitative estimate of drug-likeness (QED) is 0.784. The van der Waals surface area contributed by atoms with Crippen molar-refractivity contribution in [2.45, 2.75) is 0 Å². The first kappa shape index (κ1) is 11.9. The molecule has 1 heterocycles. The molecule has 1 aromatic heterocycles. The van der Waals surface area contributed by atoms with Crippen LogP contribution in [0.3, 0.4) is 0 Å². The van der Waals surface area contributed by atoms with E-state index in [0.717, 1.165) is 6.20 Å². The minimum absolute atomic E-state index is 0.131. The molecule has 0 unspecified atom stereocenters. The van der Waals surface area contributed by atoms with Crippen LogP contribution in [-0.4, -0.2) is 9.97 Å². The third-order valence-corrected chi connectivity index (χ3v) is 2.18. The van der Waals surface area contributed by atoms with E-state index in [9.17, 15) is 18.0 Å². The molecule has 0 atom stereocenters. The first-order chi connectivity index (χ1) is 8.52. The largest absolute Gasteiger partial charge is 0.305 e. The molecule has 0 fully saturated rings. The molecule has 0 saturated carbocycles. The fourth-order valence-electron chi connectivity index (χ4n) is 1.31. The maximum absolute atomic E-state index is 13.0. The molecule has 1 aromatic carbocycles. The summed E-state index contributed by atoms with van der Waals surface area (Å²) in [5.74, 6) is -4.54. The van der Waals surface area contributed by atoms with Crippen molar-refractivity contribution in [2.24, 2.45) is 0 Å². The Hall–Kier alpha value is -2.62. The van der Waals surface area contributed by atoms with Crippen molar-refractivity contribution in [3.05, 3.63) is 51.7 Å². The highest BCUT2D eigenvalue weighted by Crippen LogP contribution is 2.19. The van der Waals surface area contributed by atoms with Gasteiger partial charge in [0.2, 0.25) is 0 Å². The van der Waals surface area contributed by atoms with E-state index in [1.165, 1.54) is 0 Å². The highest BCUT2D eigenvalue weighted by Gasteiger charge is 2.13. The molecule has 4 nitrogen and oxygen atoms in total. The van der Waals surface area contributed by atoms with Crippen molar-refractivity contribution < 1.29 is 13.2 Å². The summed E-state index contributed by atoms with van der Waals surface area (Å²) in [6, 6.07) is 2.99. The van der Waals surface area contributed by atoms with E-state index in [1.54, 1.807) is 6.07 Å². The van der Waals surface area contributed by atoms with Gasteiger partial charge in [0, 0.05) is 5.56 Å². The molecule has 0 radical (unpaired) electrons. The van der Waals surface area contributed by atoms with Crippen LogP contribution in [0.4, 0.5) is 13.2 Å².